The molecule has 1 aromatic carbocycles. The molecule has 0 N–H and O–H groups in total. The molecule has 0 radical (unpaired) electrons. The van der Waals surface area contributed by atoms with Gasteiger partial charge in [0.25, 0.3) is 5.78 Å². The first-order valence-electron chi connectivity index (χ1n) is 9.09. The molecule has 0 bridgehead atoms. The number of carbonyl (C=O) groups excluding carboxylic acids is 1. The van der Waals surface area contributed by atoms with Crippen molar-refractivity contribution in [3.05, 3.63) is 46.8 Å². The van der Waals surface area contributed by atoms with Crippen LogP contribution < -0.4 is 4.74 Å². The summed E-state index contributed by atoms with van der Waals surface area (Å²) in [6.45, 7) is 6.84. The lowest BCUT2D eigenvalue weighted by Gasteiger charge is -2.19. The van der Waals surface area contributed by atoms with E-state index in [9.17, 15) is 4.79 Å². The van der Waals surface area contributed by atoms with Crippen LogP contribution in [0.25, 0.3) is 5.78 Å². The Morgan fingerprint density at radius 2 is 2.04 bits per heavy atom. The average Bonchev–Trinajstić information content (AvgIpc) is 3.08. The standard InChI is InChI=1S/C20H25N5O2S/c1-13-7-6-8-16(11-13)27-10-9-24(4)18(26)12-17-14(2)21-19-22-20(28-5)23-25(19)15(17)3/h6-8,11H,9-10,12H2,1-5H3. The molecule has 3 rings (SSSR count). The quantitative estimate of drug-likeness (QED) is 0.569. The van der Waals surface area contributed by atoms with E-state index in [1.54, 1.807) is 16.5 Å². The maximum Gasteiger partial charge on any atom is 0.253 e. The van der Waals surface area contributed by atoms with E-state index in [0.29, 0.717) is 24.1 Å². The molecule has 3 aromatic rings. The van der Waals surface area contributed by atoms with E-state index >= 15 is 0 Å². The first kappa shape index (κ1) is 20.1. The predicted molar refractivity (Wildman–Crippen MR) is 110 cm³/mol. The summed E-state index contributed by atoms with van der Waals surface area (Å²) in [7, 11) is 1.79. The van der Waals surface area contributed by atoms with Gasteiger partial charge in [0.05, 0.1) is 13.0 Å². The number of carbonyl (C=O) groups is 1. The van der Waals surface area contributed by atoms with Crippen molar-refractivity contribution in [2.75, 3.05) is 26.5 Å². The normalized spacial score (nSPS) is 11.0. The van der Waals surface area contributed by atoms with Crippen LogP contribution in [-0.2, 0) is 11.2 Å². The largest absolute Gasteiger partial charge is 0.492 e. The monoisotopic (exact) mass is 399 g/mol. The molecule has 0 aliphatic rings. The first-order chi connectivity index (χ1) is 13.4. The molecule has 28 heavy (non-hydrogen) atoms. The molecular weight excluding hydrogens is 374 g/mol. The number of ether oxygens (including phenoxy) is 1. The van der Waals surface area contributed by atoms with E-state index in [-0.39, 0.29) is 12.3 Å². The topological polar surface area (TPSA) is 72.6 Å². The van der Waals surface area contributed by atoms with Gasteiger partial charge in [-0.3, -0.25) is 4.79 Å². The van der Waals surface area contributed by atoms with Crippen molar-refractivity contribution in [1.29, 1.82) is 0 Å². The number of aryl methyl sites for hydroxylation is 3. The lowest BCUT2D eigenvalue weighted by molar-refractivity contribution is -0.129. The van der Waals surface area contributed by atoms with Gasteiger partial charge in [0.2, 0.25) is 11.1 Å². The Kier molecular flexibility index (Phi) is 6.18. The number of fused-ring (bicyclic) bond motifs is 1. The Morgan fingerprint density at radius 3 is 2.75 bits per heavy atom. The molecule has 7 nitrogen and oxygen atoms in total. The third-order valence-corrected chi connectivity index (χ3v) is 5.19. The first-order valence-corrected chi connectivity index (χ1v) is 10.3. The maximum absolute atomic E-state index is 12.7. The molecule has 0 aliphatic heterocycles. The van der Waals surface area contributed by atoms with E-state index in [1.165, 1.54) is 11.8 Å². The second kappa shape index (κ2) is 8.60. The summed E-state index contributed by atoms with van der Waals surface area (Å²) in [6, 6.07) is 7.88. The summed E-state index contributed by atoms with van der Waals surface area (Å²) >= 11 is 1.47. The van der Waals surface area contributed by atoms with Gasteiger partial charge in [0, 0.05) is 24.0 Å². The zero-order valence-electron chi connectivity index (χ0n) is 16.9. The van der Waals surface area contributed by atoms with E-state index < -0.39 is 0 Å². The minimum Gasteiger partial charge on any atom is -0.492 e. The van der Waals surface area contributed by atoms with Gasteiger partial charge in [0.15, 0.2) is 0 Å². The van der Waals surface area contributed by atoms with Crippen LogP contribution in [0.15, 0.2) is 29.4 Å². The average molecular weight is 400 g/mol. The molecule has 2 heterocycles. The van der Waals surface area contributed by atoms with Crippen molar-refractivity contribution in [3.63, 3.8) is 0 Å². The minimum absolute atomic E-state index is 0.0189. The molecular formula is C20H25N5O2S. The van der Waals surface area contributed by atoms with Crippen LogP contribution in [0.2, 0.25) is 0 Å². The van der Waals surface area contributed by atoms with Crippen LogP contribution in [0.3, 0.4) is 0 Å². The fraction of sp³-hybridized carbons (Fsp3) is 0.400. The summed E-state index contributed by atoms with van der Waals surface area (Å²) < 4.78 is 7.46. The van der Waals surface area contributed by atoms with Gasteiger partial charge in [-0.2, -0.15) is 4.98 Å². The summed E-state index contributed by atoms with van der Waals surface area (Å²) in [5.74, 6) is 1.40. The van der Waals surface area contributed by atoms with E-state index in [0.717, 1.165) is 28.3 Å². The Hall–Kier alpha value is -2.61. The molecule has 0 spiro atoms. The highest BCUT2D eigenvalue weighted by atomic mass is 32.2. The molecule has 0 atom stereocenters. The van der Waals surface area contributed by atoms with E-state index in [1.807, 2.05) is 51.3 Å². The fourth-order valence-electron chi connectivity index (χ4n) is 2.95. The number of thioether (sulfide) groups is 1. The summed E-state index contributed by atoms with van der Waals surface area (Å²) in [4.78, 5) is 23.3. The SMILES string of the molecule is CSc1nc2nc(C)c(CC(=O)N(C)CCOc3cccc(C)c3)c(C)n2n1. The van der Waals surface area contributed by atoms with Gasteiger partial charge < -0.3 is 9.64 Å². The third kappa shape index (κ3) is 4.44. The van der Waals surface area contributed by atoms with Crippen molar-refractivity contribution in [2.45, 2.75) is 32.3 Å². The van der Waals surface area contributed by atoms with Crippen LogP contribution in [0.1, 0.15) is 22.5 Å². The highest BCUT2D eigenvalue weighted by Gasteiger charge is 2.18. The molecule has 0 saturated carbocycles. The molecule has 2 aromatic heterocycles. The van der Waals surface area contributed by atoms with Gasteiger partial charge in [-0.25, -0.2) is 9.50 Å². The van der Waals surface area contributed by atoms with Gasteiger partial charge in [0.1, 0.15) is 12.4 Å². The number of likely N-dealkylation sites (N-methyl/N-ethyl adjacent to an activating group) is 1. The highest BCUT2D eigenvalue weighted by molar-refractivity contribution is 7.98. The third-order valence-electron chi connectivity index (χ3n) is 4.65. The van der Waals surface area contributed by atoms with Crippen molar-refractivity contribution in [2.24, 2.45) is 0 Å². The van der Waals surface area contributed by atoms with Crippen molar-refractivity contribution >= 4 is 23.4 Å². The zero-order valence-corrected chi connectivity index (χ0v) is 17.7. The van der Waals surface area contributed by atoms with Crippen molar-refractivity contribution < 1.29 is 9.53 Å². The summed E-state index contributed by atoms with van der Waals surface area (Å²) in [5.41, 5.74) is 3.74. The number of hydrogen-bond acceptors (Lipinski definition) is 6. The molecule has 0 unspecified atom stereocenters. The molecule has 8 heteroatoms. The van der Waals surface area contributed by atoms with Crippen LogP contribution >= 0.6 is 11.8 Å². The van der Waals surface area contributed by atoms with Crippen LogP contribution in [-0.4, -0.2) is 56.8 Å². The predicted octanol–water partition coefficient (Wildman–Crippen LogP) is 2.85. The number of rotatable bonds is 7. The van der Waals surface area contributed by atoms with Crippen LogP contribution in [0, 0.1) is 20.8 Å². The molecule has 148 valence electrons. The number of benzene rings is 1. The molecule has 0 fully saturated rings. The van der Waals surface area contributed by atoms with E-state index in [4.69, 9.17) is 4.74 Å². The number of aromatic nitrogens is 4. The smallest absolute Gasteiger partial charge is 0.253 e. The fourth-order valence-corrected chi connectivity index (χ4v) is 3.28. The number of nitrogens with zero attached hydrogens (tertiary/aromatic N) is 5. The van der Waals surface area contributed by atoms with Gasteiger partial charge in [-0.1, -0.05) is 23.9 Å². The van der Waals surface area contributed by atoms with E-state index in [2.05, 4.69) is 15.1 Å². The van der Waals surface area contributed by atoms with Gasteiger partial charge in [-0.15, -0.1) is 5.10 Å². The summed E-state index contributed by atoms with van der Waals surface area (Å²) in [6.07, 6.45) is 2.20. The number of hydrogen-bond donors (Lipinski definition) is 0. The van der Waals surface area contributed by atoms with Crippen molar-refractivity contribution in [1.82, 2.24) is 24.5 Å². The van der Waals surface area contributed by atoms with Gasteiger partial charge in [-0.05, 0) is 44.7 Å². The summed E-state index contributed by atoms with van der Waals surface area (Å²) in [5, 5.41) is 5.11. The minimum atomic E-state index is 0.0189. The number of amides is 1. The molecule has 0 saturated heterocycles. The van der Waals surface area contributed by atoms with Crippen molar-refractivity contribution in [3.8, 4) is 5.75 Å². The second-order valence-electron chi connectivity index (χ2n) is 6.73. The lowest BCUT2D eigenvalue weighted by Crippen LogP contribution is -2.32. The Bertz CT molecular complexity index is 1000. The second-order valence-corrected chi connectivity index (χ2v) is 7.50. The van der Waals surface area contributed by atoms with Crippen LogP contribution in [0.5, 0.6) is 5.75 Å². The maximum atomic E-state index is 12.7. The molecule has 1 amide bonds. The van der Waals surface area contributed by atoms with Gasteiger partial charge >= 0.3 is 0 Å². The Labute approximate surface area is 169 Å². The Morgan fingerprint density at radius 1 is 1.25 bits per heavy atom. The molecule has 0 aliphatic carbocycles. The zero-order chi connectivity index (χ0) is 20.3. The highest BCUT2D eigenvalue weighted by Crippen LogP contribution is 2.18. The van der Waals surface area contributed by atoms with Crippen LogP contribution in [0.4, 0.5) is 0 Å². The lowest BCUT2D eigenvalue weighted by atomic mass is 10.1. The Balaban J connectivity index is 1.64.